The smallest absolute Gasteiger partial charge is 0.276 e. The van der Waals surface area contributed by atoms with Crippen molar-refractivity contribution < 1.29 is 12.8 Å². The van der Waals surface area contributed by atoms with Crippen LogP contribution in [0.2, 0.25) is 0 Å². The lowest BCUT2D eigenvalue weighted by atomic mass is 10.1. The van der Waals surface area contributed by atoms with Gasteiger partial charge in [-0.25, -0.2) is 13.4 Å². The van der Waals surface area contributed by atoms with Crippen molar-refractivity contribution >= 4 is 32.9 Å². The molecular formula is C18H19N3O3S3. The van der Waals surface area contributed by atoms with Gasteiger partial charge in [-0.3, -0.25) is 0 Å². The van der Waals surface area contributed by atoms with Crippen molar-refractivity contribution in [3.05, 3.63) is 46.8 Å². The summed E-state index contributed by atoms with van der Waals surface area (Å²) in [4.78, 5) is 4.67. The molecule has 4 rings (SSSR count). The van der Waals surface area contributed by atoms with E-state index in [1.807, 2.05) is 5.38 Å². The average Bonchev–Trinajstić information content (AvgIpc) is 3.34. The van der Waals surface area contributed by atoms with Crippen molar-refractivity contribution in [2.75, 3.05) is 11.5 Å². The van der Waals surface area contributed by atoms with E-state index in [1.165, 1.54) is 17.3 Å². The maximum atomic E-state index is 11.5. The van der Waals surface area contributed by atoms with Crippen molar-refractivity contribution in [1.29, 1.82) is 0 Å². The topological polar surface area (TPSA) is 86.0 Å². The van der Waals surface area contributed by atoms with E-state index >= 15 is 0 Å². The molecule has 6 nitrogen and oxygen atoms in total. The fraction of sp³-hybridized carbons (Fsp3) is 0.389. The van der Waals surface area contributed by atoms with Gasteiger partial charge in [0.1, 0.15) is 5.01 Å². The van der Waals surface area contributed by atoms with Crippen LogP contribution in [0.4, 0.5) is 0 Å². The number of thioether (sulfide) groups is 1. The number of benzene rings is 1. The van der Waals surface area contributed by atoms with Crippen LogP contribution in [0.15, 0.2) is 39.3 Å². The fourth-order valence-corrected chi connectivity index (χ4v) is 6.46. The van der Waals surface area contributed by atoms with Crippen molar-refractivity contribution in [3.63, 3.8) is 0 Å². The first-order valence-corrected chi connectivity index (χ1v) is 12.3. The first-order chi connectivity index (χ1) is 13.0. The van der Waals surface area contributed by atoms with Gasteiger partial charge in [0.25, 0.3) is 5.22 Å². The Morgan fingerprint density at radius 1 is 1.26 bits per heavy atom. The Balaban J connectivity index is 1.33. The molecular weight excluding hydrogens is 402 g/mol. The van der Waals surface area contributed by atoms with Gasteiger partial charge in [-0.1, -0.05) is 41.6 Å². The summed E-state index contributed by atoms with van der Waals surface area (Å²) in [5, 5.41) is 11.6. The van der Waals surface area contributed by atoms with Crippen LogP contribution in [0.3, 0.4) is 0 Å². The minimum Gasteiger partial charge on any atom is -0.416 e. The minimum atomic E-state index is -2.88. The third kappa shape index (κ3) is 4.77. The SMILES string of the molecule is Cc1ccc(-c2nc(CSc3nnc(C[C@@H]4CCS(=O)(=O)C4)o3)cs2)cc1. The minimum absolute atomic E-state index is 0.0870. The summed E-state index contributed by atoms with van der Waals surface area (Å²) in [5.74, 6) is 1.74. The second-order valence-corrected chi connectivity index (χ2v) is 10.7. The zero-order chi connectivity index (χ0) is 18.9. The molecule has 0 bridgehead atoms. The molecule has 0 saturated carbocycles. The van der Waals surface area contributed by atoms with E-state index in [2.05, 4.69) is 46.4 Å². The predicted octanol–water partition coefficient (Wildman–Crippen LogP) is 3.77. The van der Waals surface area contributed by atoms with Crippen LogP contribution in [0.25, 0.3) is 10.6 Å². The molecule has 1 atom stereocenters. The summed E-state index contributed by atoms with van der Waals surface area (Å²) < 4.78 is 28.7. The molecule has 1 aliphatic heterocycles. The average molecular weight is 422 g/mol. The number of aryl methyl sites for hydroxylation is 1. The molecule has 1 aliphatic rings. The highest BCUT2D eigenvalue weighted by molar-refractivity contribution is 7.98. The van der Waals surface area contributed by atoms with Gasteiger partial charge in [0.15, 0.2) is 9.84 Å². The molecule has 3 heterocycles. The molecule has 27 heavy (non-hydrogen) atoms. The van der Waals surface area contributed by atoms with Crippen molar-refractivity contribution in [1.82, 2.24) is 15.2 Å². The molecule has 1 fully saturated rings. The molecule has 3 aromatic rings. The quantitative estimate of drug-likeness (QED) is 0.560. The van der Waals surface area contributed by atoms with Crippen LogP contribution in [0, 0.1) is 12.8 Å². The molecule has 0 aliphatic carbocycles. The van der Waals surface area contributed by atoms with E-state index in [-0.39, 0.29) is 17.4 Å². The van der Waals surface area contributed by atoms with Gasteiger partial charge in [0.2, 0.25) is 5.89 Å². The van der Waals surface area contributed by atoms with Gasteiger partial charge in [0, 0.05) is 23.1 Å². The molecule has 0 amide bonds. The Morgan fingerprint density at radius 2 is 2.07 bits per heavy atom. The number of sulfone groups is 1. The summed E-state index contributed by atoms with van der Waals surface area (Å²) >= 11 is 3.07. The van der Waals surface area contributed by atoms with Crippen LogP contribution in [-0.2, 0) is 22.0 Å². The van der Waals surface area contributed by atoms with Gasteiger partial charge < -0.3 is 4.42 Å². The Labute approximate surface area is 166 Å². The van der Waals surface area contributed by atoms with E-state index in [9.17, 15) is 8.42 Å². The highest BCUT2D eigenvalue weighted by atomic mass is 32.2. The summed E-state index contributed by atoms with van der Waals surface area (Å²) in [6.45, 7) is 2.07. The Hall–Kier alpha value is -1.71. The molecule has 0 radical (unpaired) electrons. The van der Waals surface area contributed by atoms with Crippen LogP contribution in [0.5, 0.6) is 0 Å². The highest BCUT2D eigenvalue weighted by Crippen LogP contribution is 2.28. The second kappa shape index (κ2) is 7.73. The molecule has 2 aromatic heterocycles. The first-order valence-electron chi connectivity index (χ1n) is 8.64. The maximum Gasteiger partial charge on any atom is 0.276 e. The van der Waals surface area contributed by atoms with Crippen molar-refractivity contribution in [2.24, 2.45) is 5.92 Å². The van der Waals surface area contributed by atoms with Crippen LogP contribution in [0.1, 0.15) is 23.6 Å². The molecule has 0 N–H and O–H groups in total. The maximum absolute atomic E-state index is 11.5. The standard InChI is InChI=1S/C18H19N3O3S3/c1-12-2-4-14(5-3-12)17-19-15(9-25-17)10-26-18-21-20-16(24-18)8-13-6-7-27(22,23)11-13/h2-5,9,13H,6-8,10-11H2,1H3/t13-/m0/s1. The van der Waals surface area contributed by atoms with E-state index in [0.717, 1.165) is 16.3 Å². The van der Waals surface area contributed by atoms with Crippen LogP contribution in [-0.4, -0.2) is 35.1 Å². The number of thiazole rings is 1. The van der Waals surface area contributed by atoms with Gasteiger partial charge >= 0.3 is 0 Å². The monoisotopic (exact) mass is 421 g/mol. The largest absolute Gasteiger partial charge is 0.416 e. The lowest BCUT2D eigenvalue weighted by Gasteiger charge is -2.01. The van der Waals surface area contributed by atoms with E-state index in [1.54, 1.807) is 11.3 Å². The summed E-state index contributed by atoms with van der Waals surface area (Å²) in [7, 11) is -2.88. The van der Waals surface area contributed by atoms with Gasteiger partial charge in [-0.2, -0.15) is 0 Å². The zero-order valence-electron chi connectivity index (χ0n) is 14.8. The second-order valence-electron chi connectivity index (χ2n) is 6.73. The summed E-state index contributed by atoms with van der Waals surface area (Å²) in [6.07, 6.45) is 1.20. The normalized spacial score (nSPS) is 18.8. The number of rotatable bonds is 6. The third-order valence-corrected chi connectivity index (χ3v) is 8.06. The highest BCUT2D eigenvalue weighted by Gasteiger charge is 2.29. The molecule has 0 spiro atoms. The molecule has 142 valence electrons. The van der Waals surface area contributed by atoms with Crippen molar-refractivity contribution in [3.8, 4) is 10.6 Å². The summed E-state index contributed by atoms with van der Waals surface area (Å²) in [5.41, 5.74) is 3.32. The molecule has 1 aromatic carbocycles. The lowest BCUT2D eigenvalue weighted by molar-refractivity contribution is 0.389. The molecule has 9 heteroatoms. The third-order valence-electron chi connectivity index (χ3n) is 4.43. The van der Waals surface area contributed by atoms with E-state index in [4.69, 9.17) is 4.42 Å². The van der Waals surface area contributed by atoms with E-state index in [0.29, 0.717) is 29.7 Å². The van der Waals surface area contributed by atoms with Gasteiger partial charge in [-0.15, -0.1) is 21.5 Å². The first kappa shape index (κ1) is 18.6. The van der Waals surface area contributed by atoms with Crippen LogP contribution >= 0.6 is 23.1 Å². The number of hydrogen-bond acceptors (Lipinski definition) is 8. The molecule has 1 saturated heterocycles. The Kier molecular flexibility index (Phi) is 5.34. The number of nitrogens with zero attached hydrogens (tertiary/aromatic N) is 3. The number of hydrogen-bond donors (Lipinski definition) is 0. The molecule has 0 unspecified atom stereocenters. The Morgan fingerprint density at radius 3 is 2.81 bits per heavy atom. The summed E-state index contributed by atoms with van der Waals surface area (Å²) in [6, 6.07) is 8.33. The van der Waals surface area contributed by atoms with Crippen molar-refractivity contribution in [2.45, 2.75) is 30.7 Å². The van der Waals surface area contributed by atoms with Gasteiger partial charge in [0.05, 0.1) is 17.2 Å². The van der Waals surface area contributed by atoms with Crippen LogP contribution < -0.4 is 0 Å². The van der Waals surface area contributed by atoms with Gasteiger partial charge in [-0.05, 0) is 19.3 Å². The lowest BCUT2D eigenvalue weighted by Crippen LogP contribution is -2.07. The van der Waals surface area contributed by atoms with E-state index < -0.39 is 9.84 Å². The zero-order valence-corrected chi connectivity index (χ0v) is 17.2. The predicted molar refractivity (Wildman–Crippen MR) is 107 cm³/mol. The fourth-order valence-electron chi connectivity index (χ4n) is 3.00. The number of aromatic nitrogens is 3. The Bertz CT molecular complexity index is 1030.